The Morgan fingerprint density at radius 1 is 1.47 bits per heavy atom. The maximum atomic E-state index is 11.8. The molecule has 0 N–H and O–H groups in total. The first kappa shape index (κ1) is 12.1. The van der Waals surface area contributed by atoms with E-state index in [4.69, 9.17) is 11.6 Å². The van der Waals surface area contributed by atoms with Crippen LogP contribution in [-0.2, 0) is 4.79 Å². The summed E-state index contributed by atoms with van der Waals surface area (Å²) < 4.78 is 0. The Labute approximate surface area is 106 Å². The minimum Gasteiger partial charge on any atom is -0.272 e. The number of amides is 1. The number of hydrogen-bond donors (Lipinski definition) is 0. The first-order valence-corrected chi connectivity index (χ1v) is 6.09. The van der Waals surface area contributed by atoms with Gasteiger partial charge in [-0.3, -0.25) is 4.79 Å². The van der Waals surface area contributed by atoms with Crippen molar-refractivity contribution < 1.29 is 4.79 Å². The van der Waals surface area contributed by atoms with Gasteiger partial charge in [-0.25, -0.2) is 5.01 Å². The lowest BCUT2D eigenvalue weighted by molar-refractivity contribution is -0.116. The molecule has 0 saturated carbocycles. The highest BCUT2D eigenvalue weighted by Gasteiger charge is 2.25. The summed E-state index contributed by atoms with van der Waals surface area (Å²) in [5.41, 5.74) is 1.69. The molecule has 17 heavy (non-hydrogen) atoms. The predicted octanol–water partition coefficient (Wildman–Crippen LogP) is 3.48. The van der Waals surface area contributed by atoms with Crippen molar-refractivity contribution in [2.45, 2.75) is 26.7 Å². The maximum absolute atomic E-state index is 11.8. The standard InChI is InChI=1S/C13H15ClN2O/c1-9(2)6-11-8-13(17)16(15-11)12-5-3-4-10(14)7-12/h3-5,7,9H,6,8H2,1-2H3. The molecule has 90 valence electrons. The van der Waals surface area contributed by atoms with E-state index >= 15 is 0 Å². The van der Waals surface area contributed by atoms with Crippen molar-refractivity contribution in [1.29, 1.82) is 0 Å². The van der Waals surface area contributed by atoms with Gasteiger partial charge >= 0.3 is 0 Å². The normalized spacial score (nSPS) is 15.6. The largest absolute Gasteiger partial charge is 0.272 e. The molecule has 0 aliphatic carbocycles. The summed E-state index contributed by atoms with van der Waals surface area (Å²) in [4.78, 5) is 11.8. The summed E-state index contributed by atoms with van der Waals surface area (Å²) in [7, 11) is 0. The SMILES string of the molecule is CC(C)CC1=NN(c2cccc(Cl)c2)C(=O)C1. The quantitative estimate of drug-likeness (QED) is 0.808. The fourth-order valence-electron chi connectivity index (χ4n) is 1.88. The predicted molar refractivity (Wildman–Crippen MR) is 70.4 cm³/mol. The van der Waals surface area contributed by atoms with E-state index in [0.29, 0.717) is 17.4 Å². The molecule has 0 unspecified atom stereocenters. The Hall–Kier alpha value is -1.35. The molecule has 1 aliphatic rings. The molecule has 1 aromatic rings. The Morgan fingerprint density at radius 2 is 2.24 bits per heavy atom. The number of nitrogens with zero attached hydrogens (tertiary/aromatic N) is 2. The van der Waals surface area contributed by atoms with Crippen molar-refractivity contribution >= 4 is 28.9 Å². The lowest BCUT2D eigenvalue weighted by atomic mass is 10.1. The topological polar surface area (TPSA) is 32.7 Å². The van der Waals surface area contributed by atoms with Gasteiger partial charge in [0.2, 0.25) is 0 Å². The van der Waals surface area contributed by atoms with Crippen LogP contribution in [0.4, 0.5) is 5.69 Å². The number of anilines is 1. The number of carbonyl (C=O) groups excluding carboxylic acids is 1. The number of rotatable bonds is 3. The first-order chi connectivity index (χ1) is 8.06. The zero-order valence-corrected chi connectivity index (χ0v) is 10.7. The van der Waals surface area contributed by atoms with Gasteiger partial charge in [0.15, 0.2) is 0 Å². The molecule has 1 amide bonds. The van der Waals surface area contributed by atoms with E-state index in [0.717, 1.165) is 17.8 Å². The summed E-state index contributed by atoms with van der Waals surface area (Å²) in [6, 6.07) is 7.19. The van der Waals surface area contributed by atoms with E-state index in [1.54, 1.807) is 12.1 Å². The summed E-state index contributed by atoms with van der Waals surface area (Å²) in [5.74, 6) is 0.531. The van der Waals surface area contributed by atoms with Crippen LogP contribution < -0.4 is 5.01 Å². The molecule has 0 saturated heterocycles. The van der Waals surface area contributed by atoms with Crippen LogP contribution in [0, 0.1) is 5.92 Å². The molecule has 0 bridgehead atoms. The summed E-state index contributed by atoms with van der Waals surface area (Å²) in [6.07, 6.45) is 1.29. The molecule has 0 radical (unpaired) electrons. The lowest BCUT2D eigenvalue weighted by Crippen LogP contribution is -2.19. The molecule has 0 fully saturated rings. The monoisotopic (exact) mass is 250 g/mol. The number of carbonyl (C=O) groups is 1. The number of benzene rings is 1. The molecule has 0 aromatic heterocycles. The van der Waals surface area contributed by atoms with E-state index in [1.807, 2.05) is 12.1 Å². The van der Waals surface area contributed by atoms with Gasteiger partial charge in [0.25, 0.3) is 5.91 Å². The van der Waals surface area contributed by atoms with Crippen molar-refractivity contribution in [3.63, 3.8) is 0 Å². The maximum Gasteiger partial charge on any atom is 0.253 e. The van der Waals surface area contributed by atoms with E-state index in [9.17, 15) is 4.79 Å². The van der Waals surface area contributed by atoms with Crippen LogP contribution in [0.25, 0.3) is 0 Å². The Kier molecular flexibility index (Phi) is 3.48. The second kappa shape index (κ2) is 4.88. The molecule has 2 rings (SSSR count). The molecule has 1 heterocycles. The molecular formula is C13H15ClN2O. The Morgan fingerprint density at radius 3 is 2.88 bits per heavy atom. The minimum atomic E-state index is 0.0166. The third-order valence-electron chi connectivity index (χ3n) is 2.53. The van der Waals surface area contributed by atoms with Crippen LogP contribution in [0.15, 0.2) is 29.4 Å². The van der Waals surface area contributed by atoms with E-state index in [-0.39, 0.29) is 5.91 Å². The number of hydrogen-bond acceptors (Lipinski definition) is 2. The van der Waals surface area contributed by atoms with Crippen LogP contribution in [0.1, 0.15) is 26.7 Å². The molecule has 1 aromatic carbocycles. The van der Waals surface area contributed by atoms with Crippen molar-refractivity contribution in [2.24, 2.45) is 11.0 Å². The number of halogens is 1. The van der Waals surface area contributed by atoms with Crippen molar-refractivity contribution in [2.75, 3.05) is 5.01 Å². The van der Waals surface area contributed by atoms with Crippen LogP contribution in [0.2, 0.25) is 5.02 Å². The summed E-state index contributed by atoms with van der Waals surface area (Å²) in [5, 5.41) is 6.42. The Balaban J connectivity index is 2.21. The highest BCUT2D eigenvalue weighted by atomic mass is 35.5. The molecule has 3 nitrogen and oxygen atoms in total. The van der Waals surface area contributed by atoms with Gasteiger partial charge in [-0.15, -0.1) is 0 Å². The third kappa shape index (κ3) is 2.86. The van der Waals surface area contributed by atoms with Gasteiger partial charge in [0, 0.05) is 10.7 Å². The van der Waals surface area contributed by atoms with Gasteiger partial charge in [0.05, 0.1) is 12.1 Å². The zero-order chi connectivity index (χ0) is 12.4. The van der Waals surface area contributed by atoms with Crippen molar-refractivity contribution in [1.82, 2.24) is 0 Å². The first-order valence-electron chi connectivity index (χ1n) is 5.71. The van der Waals surface area contributed by atoms with E-state index < -0.39 is 0 Å². The van der Waals surface area contributed by atoms with Crippen LogP contribution in [-0.4, -0.2) is 11.6 Å². The van der Waals surface area contributed by atoms with Crippen LogP contribution in [0.3, 0.4) is 0 Å². The van der Waals surface area contributed by atoms with Crippen LogP contribution >= 0.6 is 11.6 Å². The summed E-state index contributed by atoms with van der Waals surface area (Å²) >= 11 is 5.91. The molecule has 1 aliphatic heterocycles. The van der Waals surface area contributed by atoms with Gasteiger partial charge in [0.1, 0.15) is 0 Å². The second-order valence-electron chi connectivity index (χ2n) is 4.63. The second-order valence-corrected chi connectivity index (χ2v) is 5.06. The fourth-order valence-corrected chi connectivity index (χ4v) is 2.06. The van der Waals surface area contributed by atoms with E-state index in [1.165, 1.54) is 5.01 Å². The van der Waals surface area contributed by atoms with Gasteiger partial charge in [-0.2, -0.15) is 5.10 Å². The Bertz CT molecular complexity index is 468. The molecular weight excluding hydrogens is 236 g/mol. The fraction of sp³-hybridized carbons (Fsp3) is 0.385. The van der Waals surface area contributed by atoms with Crippen molar-refractivity contribution in [3.8, 4) is 0 Å². The lowest BCUT2D eigenvalue weighted by Gasteiger charge is -2.11. The van der Waals surface area contributed by atoms with Crippen LogP contribution in [0.5, 0.6) is 0 Å². The minimum absolute atomic E-state index is 0.0166. The summed E-state index contributed by atoms with van der Waals surface area (Å²) in [6.45, 7) is 4.24. The molecule has 0 spiro atoms. The highest BCUT2D eigenvalue weighted by Crippen LogP contribution is 2.24. The zero-order valence-electron chi connectivity index (χ0n) is 9.98. The molecule has 0 atom stereocenters. The molecule has 4 heteroatoms. The van der Waals surface area contributed by atoms with Gasteiger partial charge < -0.3 is 0 Å². The third-order valence-corrected chi connectivity index (χ3v) is 2.76. The smallest absolute Gasteiger partial charge is 0.253 e. The van der Waals surface area contributed by atoms with Gasteiger partial charge in [-0.1, -0.05) is 31.5 Å². The highest BCUT2D eigenvalue weighted by molar-refractivity contribution is 6.31. The number of hydrazone groups is 1. The average Bonchev–Trinajstić information content (AvgIpc) is 2.58. The van der Waals surface area contributed by atoms with Crippen molar-refractivity contribution in [3.05, 3.63) is 29.3 Å². The van der Waals surface area contributed by atoms with Gasteiger partial charge in [-0.05, 0) is 30.5 Å². The average molecular weight is 251 g/mol. The van der Waals surface area contributed by atoms with E-state index in [2.05, 4.69) is 18.9 Å².